The zero-order valence-corrected chi connectivity index (χ0v) is 11.3. The Kier molecular flexibility index (Phi) is 4.34. The van der Waals surface area contributed by atoms with Gasteiger partial charge in [0.15, 0.2) is 0 Å². The van der Waals surface area contributed by atoms with Crippen molar-refractivity contribution in [3.05, 3.63) is 39.8 Å². The summed E-state index contributed by atoms with van der Waals surface area (Å²) < 4.78 is 1.97. The Balaban J connectivity index is 1.76. The van der Waals surface area contributed by atoms with Gasteiger partial charge in [-0.1, -0.05) is 6.92 Å². The molecule has 1 N–H and O–H groups in total. The normalized spacial score (nSPS) is 10.9. The summed E-state index contributed by atoms with van der Waals surface area (Å²) in [7, 11) is 2.01. The molecule has 92 valence electrons. The average molecular weight is 249 g/mol. The number of thiophene rings is 1. The van der Waals surface area contributed by atoms with Crippen molar-refractivity contribution in [2.75, 3.05) is 6.54 Å². The van der Waals surface area contributed by atoms with Gasteiger partial charge in [-0.05, 0) is 47.8 Å². The van der Waals surface area contributed by atoms with Crippen LogP contribution in [0.1, 0.15) is 23.9 Å². The molecule has 0 atom stereocenters. The summed E-state index contributed by atoms with van der Waals surface area (Å²) in [6.07, 6.45) is 2.10. The van der Waals surface area contributed by atoms with Crippen LogP contribution in [0, 0.1) is 0 Å². The van der Waals surface area contributed by atoms with Gasteiger partial charge < -0.3 is 5.32 Å². The molecular weight excluding hydrogens is 230 g/mol. The number of aromatic nitrogens is 2. The highest BCUT2D eigenvalue weighted by molar-refractivity contribution is 7.07. The predicted octanol–water partition coefficient (Wildman–Crippen LogP) is 2.38. The second-order valence-corrected chi connectivity index (χ2v) is 4.94. The number of hydrogen-bond acceptors (Lipinski definition) is 3. The van der Waals surface area contributed by atoms with Crippen molar-refractivity contribution >= 4 is 11.3 Å². The molecule has 0 saturated carbocycles. The lowest BCUT2D eigenvalue weighted by molar-refractivity contribution is 0.623. The first kappa shape index (κ1) is 12.3. The van der Waals surface area contributed by atoms with E-state index in [2.05, 4.69) is 40.2 Å². The summed E-state index contributed by atoms with van der Waals surface area (Å²) >= 11 is 1.76. The molecule has 0 radical (unpaired) electrons. The third-order valence-corrected chi connectivity index (χ3v) is 3.60. The van der Waals surface area contributed by atoms with E-state index in [0.29, 0.717) is 0 Å². The molecule has 0 spiro atoms. The first-order chi connectivity index (χ1) is 8.29. The van der Waals surface area contributed by atoms with Gasteiger partial charge >= 0.3 is 0 Å². The van der Waals surface area contributed by atoms with E-state index in [1.807, 2.05) is 11.7 Å². The summed E-state index contributed by atoms with van der Waals surface area (Å²) in [6, 6.07) is 4.36. The van der Waals surface area contributed by atoms with Gasteiger partial charge in [-0.2, -0.15) is 16.4 Å². The van der Waals surface area contributed by atoms with Crippen molar-refractivity contribution in [2.45, 2.75) is 26.3 Å². The fourth-order valence-electron chi connectivity index (χ4n) is 1.79. The lowest BCUT2D eigenvalue weighted by atomic mass is 10.2. The fraction of sp³-hybridized carbons (Fsp3) is 0.462. The molecule has 0 aliphatic heterocycles. The predicted molar refractivity (Wildman–Crippen MR) is 72.3 cm³/mol. The third-order valence-electron chi connectivity index (χ3n) is 2.87. The molecule has 2 heterocycles. The van der Waals surface area contributed by atoms with E-state index in [1.165, 1.54) is 17.0 Å². The SMILES string of the molecule is CCc1cc(CNCCc2ccsc2)n(C)n1. The summed E-state index contributed by atoms with van der Waals surface area (Å²) in [5, 5.41) is 12.2. The van der Waals surface area contributed by atoms with E-state index >= 15 is 0 Å². The molecular formula is C13H19N3S. The van der Waals surface area contributed by atoms with Gasteiger partial charge in [0.2, 0.25) is 0 Å². The number of nitrogens with one attached hydrogen (secondary N) is 1. The molecule has 0 saturated heterocycles. The number of hydrogen-bond donors (Lipinski definition) is 1. The lowest BCUT2D eigenvalue weighted by Crippen LogP contribution is -2.18. The van der Waals surface area contributed by atoms with E-state index in [-0.39, 0.29) is 0 Å². The Morgan fingerprint density at radius 3 is 3.00 bits per heavy atom. The Labute approximate surface area is 106 Å². The molecule has 2 rings (SSSR count). The van der Waals surface area contributed by atoms with Gasteiger partial charge in [0, 0.05) is 13.6 Å². The summed E-state index contributed by atoms with van der Waals surface area (Å²) in [6.45, 7) is 4.05. The molecule has 0 bridgehead atoms. The monoisotopic (exact) mass is 249 g/mol. The molecule has 0 aliphatic rings. The summed E-state index contributed by atoms with van der Waals surface area (Å²) in [5.74, 6) is 0. The summed E-state index contributed by atoms with van der Waals surface area (Å²) in [4.78, 5) is 0. The van der Waals surface area contributed by atoms with Crippen LogP contribution < -0.4 is 5.32 Å². The highest BCUT2D eigenvalue weighted by atomic mass is 32.1. The van der Waals surface area contributed by atoms with Gasteiger partial charge in [-0.25, -0.2) is 0 Å². The Bertz CT molecular complexity index is 445. The maximum Gasteiger partial charge on any atom is 0.0625 e. The Morgan fingerprint density at radius 1 is 1.47 bits per heavy atom. The fourth-order valence-corrected chi connectivity index (χ4v) is 2.50. The van der Waals surface area contributed by atoms with Gasteiger partial charge in [0.25, 0.3) is 0 Å². The van der Waals surface area contributed by atoms with Crippen molar-refractivity contribution in [2.24, 2.45) is 7.05 Å². The van der Waals surface area contributed by atoms with Crippen molar-refractivity contribution in [3.8, 4) is 0 Å². The van der Waals surface area contributed by atoms with Crippen LogP contribution in [0.25, 0.3) is 0 Å². The van der Waals surface area contributed by atoms with Crippen LogP contribution >= 0.6 is 11.3 Å². The van der Waals surface area contributed by atoms with Crippen LogP contribution in [-0.4, -0.2) is 16.3 Å². The van der Waals surface area contributed by atoms with E-state index in [0.717, 1.165) is 25.9 Å². The smallest absolute Gasteiger partial charge is 0.0625 e. The van der Waals surface area contributed by atoms with Crippen LogP contribution in [0.5, 0.6) is 0 Å². The van der Waals surface area contributed by atoms with Crippen LogP contribution in [0.3, 0.4) is 0 Å². The molecule has 0 aromatic carbocycles. The Morgan fingerprint density at radius 2 is 2.35 bits per heavy atom. The summed E-state index contributed by atoms with van der Waals surface area (Å²) in [5.41, 5.74) is 3.84. The van der Waals surface area contributed by atoms with Crippen molar-refractivity contribution in [1.82, 2.24) is 15.1 Å². The lowest BCUT2D eigenvalue weighted by Gasteiger charge is -2.04. The third kappa shape index (κ3) is 3.41. The van der Waals surface area contributed by atoms with Gasteiger partial charge in [-0.15, -0.1) is 0 Å². The minimum absolute atomic E-state index is 0.896. The molecule has 2 aromatic heterocycles. The average Bonchev–Trinajstić information content (AvgIpc) is 2.94. The zero-order valence-electron chi connectivity index (χ0n) is 10.4. The second kappa shape index (κ2) is 5.98. The van der Waals surface area contributed by atoms with E-state index in [1.54, 1.807) is 11.3 Å². The van der Waals surface area contributed by atoms with E-state index in [4.69, 9.17) is 0 Å². The molecule has 2 aromatic rings. The molecule has 17 heavy (non-hydrogen) atoms. The first-order valence-electron chi connectivity index (χ1n) is 6.03. The van der Waals surface area contributed by atoms with E-state index in [9.17, 15) is 0 Å². The van der Waals surface area contributed by atoms with Crippen molar-refractivity contribution in [1.29, 1.82) is 0 Å². The van der Waals surface area contributed by atoms with Crippen LogP contribution in [-0.2, 0) is 26.4 Å². The zero-order chi connectivity index (χ0) is 12.1. The largest absolute Gasteiger partial charge is 0.311 e. The Hall–Kier alpha value is -1.13. The maximum atomic E-state index is 4.44. The minimum Gasteiger partial charge on any atom is -0.311 e. The standard InChI is InChI=1S/C13H19N3S/c1-3-12-8-13(16(2)15-12)9-14-6-4-11-5-7-17-10-11/h5,7-8,10,14H,3-4,6,9H2,1-2H3. The van der Waals surface area contributed by atoms with Crippen LogP contribution in [0.2, 0.25) is 0 Å². The molecule has 3 nitrogen and oxygen atoms in total. The highest BCUT2D eigenvalue weighted by Gasteiger charge is 2.02. The number of rotatable bonds is 6. The minimum atomic E-state index is 0.896. The number of nitrogens with zero attached hydrogens (tertiary/aromatic N) is 2. The quantitative estimate of drug-likeness (QED) is 0.797. The van der Waals surface area contributed by atoms with Crippen molar-refractivity contribution in [3.63, 3.8) is 0 Å². The number of aryl methyl sites for hydroxylation is 2. The first-order valence-corrected chi connectivity index (χ1v) is 6.97. The highest BCUT2D eigenvalue weighted by Crippen LogP contribution is 2.06. The molecule has 0 unspecified atom stereocenters. The van der Waals surface area contributed by atoms with Gasteiger partial charge in [0.05, 0.1) is 11.4 Å². The molecule has 4 heteroatoms. The van der Waals surface area contributed by atoms with E-state index < -0.39 is 0 Å². The maximum absolute atomic E-state index is 4.44. The molecule has 0 aliphatic carbocycles. The van der Waals surface area contributed by atoms with Crippen molar-refractivity contribution < 1.29 is 0 Å². The molecule has 0 fully saturated rings. The van der Waals surface area contributed by atoms with Gasteiger partial charge in [-0.3, -0.25) is 4.68 Å². The van der Waals surface area contributed by atoms with Crippen LogP contribution in [0.4, 0.5) is 0 Å². The molecule has 0 amide bonds. The topological polar surface area (TPSA) is 29.9 Å². The second-order valence-electron chi connectivity index (χ2n) is 4.16. The van der Waals surface area contributed by atoms with Gasteiger partial charge in [0.1, 0.15) is 0 Å². The van der Waals surface area contributed by atoms with Crippen LogP contribution in [0.15, 0.2) is 22.9 Å².